The number of rotatable bonds is 4. The number of hydrogen-bond acceptors (Lipinski definition) is 4. The van der Waals surface area contributed by atoms with Crippen LogP contribution in [0, 0.1) is 0 Å². The Labute approximate surface area is 99.5 Å². The molecule has 2 rings (SSSR count). The summed E-state index contributed by atoms with van der Waals surface area (Å²) in [6.07, 6.45) is 3.33. The van der Waals surface area contributed by atoms with E-state index in [0.717, 1.165) is 17.1 Å². The first-order valence-electron chi connectivity index (χ1n) is 5.29. The maximum Gasteiger partial charge on any atom is 0.119 e. The molecule has 5 nitrogen and oxygen atoms in total. The Morgan fingerprint density at radius 2 is 2.12 bits per heavy atom. The van der Waals surface area contributed by atoms with Crippen LogP contribution in [0.3, 0.4) is 0 Å². The second kappa shape index (κ2) is 4.99. The summed E-state index contributed by atoms with van der Waals surface area (Å²) < 4.78 is 6.94. The van der Waals surface area contributed by atoms with Gasteiger partial charge >= 0.3 is 0 Å². The Kier molecular flexibility index (Phi) is 3.41. The SMILES string of the molecule is COc1ccc(-n2cncc2C(N)CO)cc1. The number of aliphatic hydroxyl groups excluding tert-OH is 1. The van der Waals surface area contributed by atoms with Gasteiger partial charge in [-0.2, -0.15) is 0 Å². The first-order chi connectivity index (χ1) is 8.26. The van der Waals surface area contributed by atoms with E-state index in [9.17, 15) is 0 Å². The summed E-state index contributed by atoms with van der Waals surface area (Å²) in [4.78, 5) is 4.05. The second-order valence-electron chi connectivity index (χ2n) is 3.68. The van der Waals surface area contributed by atoms with Crippen molar-refractivity contribution < 1.29 is 9.84 Å². The Hall–Kier alpha value is -1.85. The molecule has 1 atom stereocenters. The predicted molar refractivity (Wildman–Crippen MR) is 64.1 cm³/mol. The number of ether oxygens (including phenoxy) is 1. The van der Waals surface area contributed by atoms with Crippen LogP contribution in [0.25, 0.3) is 5.69 Å². The lowest BCUT2D eigenvalue weighted by Crippen LogP contribution is -2.17. The van der Waals surface area contributed by atoms with Gasteiger partial charge in [0.2, 0.25) is 0 Å². The molecule has 0 amide bonds. The highest BCUT2D eigenvalue weighted by Gasteiger charge is 2.11. The molecule has 1 heterocycles. The van der Waals surface area contributed by atoms with Gasteiger partial charge in [-0.25, -0.2) is 4.98 Å². The van der Waals surface area contributed by atoms with Gasteiger partial charge in [-0.3, -0.25) is 0 Å². The number of aliphatic hydroxyl groups is 1. The minimum absolute atomic E-state index is 0.109. The molecular weight excluding hydrogens is 218 g/mol. The Balaban J connectivity index is 2.35. The highest BCUT2D eigenvalue weighted by Crippen LogP contribution is 2.18. The first kappa shape index (κ1) is 11.6. The second-order valence-corrected chi connectivity index (χ2v) is 3.68. The normalized spacial score (nSPS) is 12.4. The number of benzene rings is 1. The largest absolute Gasteiger partial charge is 0.497 e. The maximum absolute atomic E-state index is 9.07. The van der Waals surface area contributed by atoms with E-state index in [-0.39, 0.29) is 6.61 Å². The van der Waals surface area contributed by atoms with Gasteiger partial charge in [-0.15, -0.1) is 0 Å². The molecular formula is C12H15N3O2. The van der Waals surface area contributed by atoms with Crippen LogP contribution in [-0.4, -0.2) is 28.4 Å². The molecule has 5 heteroatoms. The van der Waals surface area contributed by atoms with Gasteiger partial charge in [-0.05, 0) is 24.3 Å². The van der Waals surface area contributed by atoms with E-state index in [2.05, 4.69) is 4.98 Å². The zero-order chi connectivity index (χ0) is 12.3. The molecule has 1 unspecified atom stereocenters. The van der Waals surface area contributed by atoms with Crippen LogP contribution in [0.1, 0.15) is 11.7 Å². The molecule has 0 saturated carbocycles. The summed E-state index contributed by atoms with van der Waals surface area (Å²) in [5.41, 5.74) is 7.51. The molecule has 0 radical (unpaired) electrons. The quantitative estimate of drug-likeness (QED) is 0.822. The van der Waals surface area contributed by atoms with Crippen LogP contribution in [0.15, 0.2) is 36.8 Å². The fourth-order valence-electron chi connectivity index (χ4n) is 1.63. The number of nitrogens with zero attached hydrogens (tertiary/aromatic N) is 2. The molecule has 0 bridgehead atoms. The zero-order valence-electron chi connectivity index (χ0n) is 9.58. The van der Waals surface area contributed by atoms with Crippen molar-refractivity contribution in [3.63, 3.8) is 0 Å². The lowest BCUT2D eigenvalue weighted by molar-refractivity contribution is 0.265. The van der Waals surface area contributed by atoms with Crippen LogP contribution in [0.5, 0.6) is 5.75 Å². The van der Waals surface area contributed by atoms with Crippen molar-refractivity contribution in [2.45, 2.75) is 6.04 Å². The van der Waals surface area contributed by atoms with Gasteiger partial charge in [0.1, 0.15) is 5.75 Å². The van der Waals surface area contributed by atoms with Crippen LogP contribution >= 0.6 is 0 Å². The van der Waals surface area contributed by atoms with E-state index in [1.165, 1.54) is 0 Å². The average Bonchev–Trinajstić information content (AvgIpc) is 2.87. The highest BCUT2D eigenvalue weighted by molar-refractivity contribution is 5.39. The third-order valence-corrected chi connectivity index (χ3v) is 2.59. The van der Waals surface area contributed by atoms with Gasteiger partial charge in [0.05, 0.1) is 38.0 Å². The van der Waals surface area contributed by atoms with E-state index in [1.807, 2.05) is 28.8 Å². The van der Waals surface area contributed by atoms with Crippen LogP contribution in [-0.2, 0) is 0 Å². The number of imidazole rings is 1. The predicted octanol–water partition coefficient (Wildman–Crippen LogP) is 0.873. The minimum Gasteiger partial charge on any atom is -0.497 e. The topological polar surface area (TPSA) is 73.3 Å². The van der Waals surface area contributed by atoms with Crippen molar-refractivity contribution in [3.05, 3.63) is 42.5 Å². The fraction of sp³-hybridized carbons (Fsp3) is 0.250. The van der Waals surface area contributed by atoms with Crippen LogP contribution < -0.4 is 10.5 Å². The number of aromatic nitrogens is 2. The van der Waals surface area contributed by atoms with Crippen molar-refractivity contribution in [2.75, 3.05) is 13.7 Å². The summed E-state index contributed by atoms with van der Waals surface area (Å²) in [6.45, 7) is -0.109. The summed E-state index contributed by atoms with van der Waals surface area (Å²) in [6, 6.07) is 7.12. The summed E-state index contributed by atoms with van der Waals surface area (Å²) in [5.74, 6) is 0.793. The lowest BCUT2D eigenvalue weighted by atomic mass is 10.2. The van der Waals surface area contributed by atoms with Gasteiger partial charge in [-0.1, -0.05) is 0 Å². The summed E-state index contributed by atoms with van der Waals surface area (Å²) >= 11 is 0. The van der Waals surface area contributed by atoms with E-state index in [0.29, 0.717) is 0 Å². The van der Waals surface area contributed by atoms with Gasteiger partial charge in [0, 0.05) is 5.69 Å². The number of nitrogens with two attached hydrogens (primary N) is 1. The van der Waals surface area contributed by atoms with E-state index in [1.54, 1.807) is 19.6 Å². The van der Waals surface area contributed by atoms with Crippen molar-refractivity contribution in [1.82, 2.24) is 9.55 Å². The van der Waals surface area contributed by atoms with Gasteiger partial charge in [0.15, 0.2) is 0 Å². The molecule has 0 fully saturated rings. The lowest BCUT2D eigenvalue weighted by Gasteiger charge is -2.12. The number of hydrogen-bond donors (Lipinski definition) is 2. The Bertz CT molecular complexity index is 479. The van der Waals surface area contributed by atoms with Gasteiger partial charge in [0.25, 0.3) is 0 Å². The zero-order valence-corrected chi connectivity index (χ0v) is 9.58. The average molecular weight is 233 g/mol. The number of methoxy groups -OCH3 is 1. The third kappa shape index (κ3) is 2.30. The van der Waals surface area contributed by atoms with Crippen molar-refractivity contribution in [1.29, 1.82) is 0 Å². The third-order valence-electron chi connectivity index (χ3n) is 2.59. The van der Waals surface area contributed by atoms with Crippen molar-refractivity contribution >= 4 is 0 Å². The molecule has 0 spiro atoms. The molecule has 1 aromatic heterocycles. The summed E-state index contributed by atoms with van der Waals surface area (Å²) in [5, 5.41) is 9.07. The Morgan fingerprint density at radius 3 is 2.71 bits per heavy atom. The molecule has 0 saturated heterocycles. The molecule has 0 aliphatic heterocycles. The van der Waals surface area contributed by atoms with Crippen LogP contribution in [0.4, 0.5) is 0 Å². The van der Waals surface area contributed by atoms with Gasteiger partial charge < -0.3 is 20.1 Å². The molecule has 3 N–H and O–H groups in total. The van der Waals surface area contributed by atoms with E-state index >= 15 is 0 Å². The highest BCUT2D eigenvalue weighted by atomic mass is 16.5. The molecule has 90 valence electrons. The molecule has 17 heavy (non-hydrogen) atoms. The molecule has 0 aliphatic rings. The standard InChI is InChI=1S/C12H15N3O2/c1-17-10-4-2-9(3-5-10)15-8-14-6-12(15)11(13)7-16/h2-6,8,11,16H,7,13H2,1H3. The minimum atomic E-state index is -0.431. The molecule has 1 aromatic carbocycles. The molecule has 2 aromatic rings. The molecule has 0 aliphatic carbocycles. The summed E-state index contributed by atoms with van der Waals surface area (Å²) in [7, 11) is 1.62. The smallest absolute Gasteiger partial charge is 0.119 e. The maximum atomic E-state index is 9.07. The van der Waals surface area contributed by atoms with E-state index < -0.39 is 6.04 Å². The van der Waals surface area contributed by atoms with Crippen molar-refractivity contribution in [3.8, 4) is 11.4 Å². The first-order valence-corrected chi connectivity index (χ1v) is 5.29. The fourth-order valence-corrected chi connectivity index (χ4v) is 1.63. The van der Waals surface area contributed by atoms with Crippen molar-refractivity contribution in [2.24, 2.45) is 5.73 Å². The Morgan fingerprint density at radius 1 is 1.41 bits per heavy atom. The van der Waals surface area contributed by atoms with Crippen LogP contribution in [0.2, 0.25) is 0 Å². The monoisotopic (exact) mass is 233 g/mol. The van der Waals surface area contributed by atoms with E-state index in [4.69, 9.17) is 15.6 Å².